The number of hydrogen-bond acceptors (Lipinski definition) is 4. The van der Waals surface area contributed by atoms with Crippen molar-refractivity contribution in [2.24, 2.45) is 0 Å². The number of aromatic carboxylic acids is 2. The van der Waals surface area contributed by atoms with Crippen LogP contribution in [0.25, 0.3) is 0 Å². The second kappa shape index (κ2) is 8.44. The minimum absolute atomic E-state index is 0. The monoisotopic (exact) mass is 332 g/mol. The Balaban J connectivity index is 0.00000242. The molecule has 118 valence electrons. The predicted octanol–water partition coefficient (Wildman–Crippen LogP) is -1.49. The number of carboxylic acid groups (broad SMARTS) is 2. The van der Waals surface area contributed by atoms with Crippen LogP contribution in [0.5, 0.6) is 0 Å². The minimum atomic E-state index is -1.71. The SMILES string of the molecule is O.O=C(O)c1c(C(=O)O)n(Cc2ccccc2)c(=O)[nH]c1=O.[NaH]. The van der Waals surface area contributed by atoms with Crippen molar-refractivity contribution in [3.05, 3.63) is 68.0 Å². The van der Waals surface area contributed by atoms with E-state index in [1.54, 1.807) is 30.3 Å². The van der Waals surface area contributed by atoms with E-state index in [1.165, 1.54) is 0 Å². The summed E-state index contributed by atoms with van der Waals surface area (Å²) < 4.78 is 0.711. The standard InChI is InChI=1S/C13H10N2O6.Na.H2O.H/c16-10-8(11(17)18)9(12(19)20)15(13(21)14-10)6-7-4-2-1-3-5-7;;;/h1-5H,6H2,(H,17,18)(H,19,20)(H,14,16,21);;1H2;. The van der Waals surface area contributed by atoms with Gasteiger partial charge in [0.1, 0.15) is 0 Å². The van der Waals surface area contributed by atoms with E-state index in [2.05, 4.69) is 0 Å². The summed E-state index contributed by atoms with van der Waals surface area (Å²) in [6, 6.07) is 8.39. The first-order valence-electron chi connectivity index (χ1n) is 5.79. The van der Waals surface area contributed by atoms with Gasteiger partial charge >= 0.3 is 47.2 Å². The number of carbonyl (C=O) groups is 2. The maximum atomic E-state index is 11.8. The fraction of sp³-hybridized carbons (Fsp3) is 0.0769. The summed E-state index contributed by atoms with van der Waals surface area (Å²) in [5, 5.41) is 18.1. The van der Waals surface area contributed by atoms with Crippen LogP contribution in [-0.4, -0.2) is 66.7 Å². The van der Waals surface area contributed by atoms with Gasteiger partial charge in [-0.25, -0.2) is 14.4 Å². The molecular formula is C13H13N2NaO7. The van der Waals surface area contributed by atoms with E-state index < -0.39 is 34.4 Å². The molecule has 0 radical (unpaired) electrons. The van der Waals surface area contributed by atoms with E-state index in [4.69, 9.17) is 10.2 Å². The predicted molar refractivity (Wildman–Crippen MR) is 81.5 cm³/mol. The van der Waals surface area contributed by atoms with Crippen LogP contribution in [0.2, 0.25) is 0 Å². The van der Waals surface area contributed by atoms with Crippen LogP contribution in [0, 0.1) is 0 Å². The molecular weight excluding hydrogens is 319 g/mol. The summed E-state index contributed by atoms with van der Waals surface area (Å²) in [6.45, 7) is -0.168. The molecule has 0 bridgehead atoms. The Bertz CT molecular complexity index is 826. The Labute approximate surface area is 150 Å². The number of rotatable bonds is 4. The van der Waals surface area contributed by atoms with Crippen LogP contribution in [0.4, 0.5) is 0 Å². The molecule has 0 saturated carbocycles. The molecule has 10 heteroatoms. The first-order valence-corrected chi connectivity index (χ1v) is 5.79. The van der Waals surface area contributed by atoms with E-state index in [0.717, 1.165) is 0 Å². The molecule has 0 atom stereocenters. The van der Waals surface area contributed by atoms with E-state index in [-0.39, 0.29) is 41.6 Å². The Morgan fingerprint density at radius 1 is 1.04 bits per heavy atom. The zero-order chi connectivity index (χ0) is 15.6. The quantitative estimate of drug-likeness (QED) is 0.578. The zero-order valence-corrected chi connectivity index (χ0v) is 11.1. The molecule has 0 spiro atoms. The fourth-order valence-corrected chi connectivity index (χ4v) is 1.91. The number of benzene rings is 1. The van der Waals surface area contributed by atoms with Gasteiger partial charge in [-0.2, -0.15) is 0 Å². The second-order valence-corrected chi connectivity index (χ2v) is 4.16. The molecule has 2 aromatic rings. The summed E-state index contributed by atoms with van der Waals surface area (Å²) in [4.78, 5) is 47.4. The summed E-state index contributed by atoms with van der Waals surface area (Å²) in [7, 11) is 0. The molecule has 0 aliphatic rings. The van der Waals surface area contributed by atoms with Crippen molar-refractivity contribution < 1.29 is 25.3 Å². The van der Waals surface area contributed by atoms with Gasteiger partial charge in [-0.1, -0.05) is 30.3 Å². The third kappa shape index (κ3) is 4.39. The summed E-state index contributed by atoms with van der Waals surface area (Å²) in [6.07, 6.45) is 0. The van der Waals surface area contributed by atoms with E-state index >= 15 is 0 Å². The Morgan fingerprint density at radius 2 is 1.61 bits per heavy atom. The first kappa shape index (κ1) is 20.8. The van der Waals surface area contributed by atoms with Crippen molar-refractivity contribution in [3.8, 4) is 0 Å². The van der Waals surface area contributed by atoms with Crippen LogP contribution in [0.3, 0.4) is 0 Å². The van der Waals surface area contributed by atoms with Crippen molar-refractivity contribution >= 4 is 41.5 Å². The molecule has 0 amide bonds. The third-order valence-electron chi connectivity index (χ3n) is 2.80. The van der Waals surface area contributed by atoms with Gasteiger partial charge in [-0.3, -0.25) is 14.3 Å². The molecule has 23 heavy (non-hydrogen) atoms. The van der Waals surface area contributed by atoms with Crippen molar-refractivity contribution in [2.45, 2.75) is 6.54 Å². The molecule has 0 fully saturated rings. The van der Waals surface area contributed by atoms with Crippen LogP contribution in [-0.2, 0) is 6.54 Å². The van der Waals surface area contributed by atoms with Crippen molar-refractivity contribution in [3.63, 3.8) is 0 Å². The summed E-state index contributed by atoms with van der Waals surface area (Å²) in [5.41, 5.74) is -3.45. The zero-order valence-electron chi connectivity index (χ0n) is 11.1. The molecule has 5 N–H and O–H groups in total. The van der Waals surface area contributed by atoms with Crippen molar-refractivity contribution in [1.82, 2.24) is 9.55 Å². The molecule has 0 aliphatic carbocycles. The number of hydrogen-bond donors (Lipinski definition) is 3. The number of nitrogens with one attached hydrogen (secondary N) is 1. The van der Waals surface area contributed by atoms with Gasteiger partial charge in [-0.15, -0.1) is 0 Å². The van der Waals surface area contributed by atoms with Gasteiger partial charge in [0.2, 0.25) is 0 Å². The third-order valence-corrected chi connectivity index (χ3v) is 2.80. The molecule has 0 unspecified atom stereocenters. The van der Waals surface area contributed by atoms with Gasteiger partial charge in [0, 0.05) is 0 Å². The molecule has 2 rings (SSSR count). The fourth-order valence-electron chi connectivity index (χ4n) is 1.91. The second-order valence-electron chi connectivity index (χ2n) is 4.16. The van der Waals surface area contributed by atoms with Gasteiger partial charge in [0.25, 0.3) is 5.56 Å². The van der Waals surface area contributed by atoms with Gasteiger partial charge < -0.3 is 15.7 Å². The number of carboxylic acids is 2. The normalized spacial score (nSPS) is 9.39. The number of nitrogens with zero attached hydrogens (tertiary/aromatic N) is 1. The van der Waals surface area contributed by atoms with Crippen LogP contribution >= 0.6 is 0 Å². The molecule has 0 aliphatic heterocycles. The summed E-state index contributed by atoms with van der Waals surface area (Å²) >= 11 is 0. The first-order chi connectivity index (χ1) is 9.91. The van der Waals surface area contributed by atoms with E-state index in [0.29, 0.717) is 10.1 Å². The average molecular weight is 332 g/mol. The average Bonchev–Trinajstić information content (AvgIpc) is 2.41. The summed E-state index contributed by atoms with van der Waals surface area (Å²) in [5.74, 6) is -3.37. The van der Waals surface area contributed by atoms with Gasteiger partial charge in [0.05, 0.1) is 6.54 Å². The number of aromatic nitrogens is 2. The van der Waals surface area contributed by atoms with Gasteiger partial charge in [0.15, 0.2) is 11.3 Å². The Hall–Kier alpha value is -2.20. The number of aromatic amines is 1. The van der Waals surface area contributed by atoms with Crippen LogP contribution in [0.1, 0.15) is 26.4 Å². The number of H-pyrrole nitrogens is 1. The molecule has 9 nitrogen and oxygen atoms in total. The maximum absolute atomic E-state index is 11.8. The van der Waals surface area contributed by atoms with Gasteiger partial charge in [-0.05, 0) is 5.56 Å². The van der Waals surface area contributed by atoms with E-state index in [1.807, 2.05) is 4.98 Å². The van der Waals surface area contributed by atoms with Crippen molar-refractivity contribution in [1.29, 1.82) is 0 Å². The topological polar surface area (TPSA) is 161 Å². The van der Waals surface area contributed by atoms with E-state index in [9.17, 15) is 19.2 Å². The van der Waals surface area contributed by atoms with Crippen LogP contribution in [0.15, 0.2) is 39.9 Å². The Morgan fingerprint density at radius 3 is 2.09 bits per heavy atom. The molecule has 1 aromatic carbocycles. The van der Waals surface area contributed by atoms with Crippen LogP contribution < -0.4 is 11.2 Å². The molecule has 1 aromatic heterocycles. The molecule has 1 heterocycles. The molecule has 0 saturated heterocycles. The Kier molecular flexibility index (Phi) is 7.63. The van der Waals surface area contributed by atoms with Crippen molar-refractivity contribution in [2.75, 3.05) is 0 Å².